The molecule has 0 aliphatic carbocycles. The van der Waals surface area contributed by atoms with Crippen LogP contribution in [0.15, 0.2) is 30.3 Å². The summed E-state index contributed by atoms with van der Waals surface area (Å²) < 4.78 is 10.3. The predicted octanol–water partition coefficient (Wildman–Crippen LogP) is 3.20. The Morgan fingerprint density at radius 1 is 1.33 bits per heavy atom. The van der Waals surface area contributed by atoms with Crippen LogP contribution >= 0.6 is 11.3 Å². The van der Waals surface area contributed by atoms with E-state index in [1.807, 2.05) is 24.3 Å². The molecule has 1 aliphatic rings. The lowest BCUT2D eigenvalue weighted by molar-refractivity contribution is -0.133. The summed E-state index contributed by atoms with van der Waals surface area (Å²) in [4.78, 5) is 27.4. The highest BCUT2D eigenvalue weighted by Crippen LogP contribution is 2.36. The molecule has 0 atom stereocenters. The average Bonchev–Trinajstić information content (AvgIpc) is 3.11. The number of hydrogen-bond acceptors (Lipinski definition) is 6. The Balaban J connectivity index is 1.72. The van der Waals surface area contributed by atoms with Gasteiger partial charge in [0.1, 0.15) is 16.8 Å². The van der Waals surface area contributed by atoms with E-state index >= 15 is 0 Å². The average molecular weight is 426 g/mol. The van der Waals surface area contributed by atoms with E-state index in [1.54, 1.807) is 25.2 Å². The van der Waals surface area contributed by atoms with Crippen LogP contribution in [0.1, 0.15) is 28.0 Å². The number of nitrogens with zero attached hydrogens (tertiary/aromatic N) is 2. The van der Waals surface area contributed by atoms with Gasteiger partial charge in [0.2, 0.25) is 11.8 Å². The molecule has 2 heterocycles. The van der Waals surface area contributed by atoms with Gasteiger partial charge in [0.25, 0.3) is 0 Å². The van der Waals surface area contributed by atoms with Gasteiger partial charge in [-0.05, 0) is 24.1 Å². The van der Waals surface area contributed by atoms with Crippen molar-refractivity contribution in [3.05, 3.63) is 51.9 Å². The summed E-state index contributed by atoms with van der Waals surface area (Å²) in [6.07, 6.45) is 4.02. The summed E-state index contributed by atoms with van der Waals surface area (Å²) in [6.45, 7) is 1.39. The number of benzene rings is 1. The van der Waals surface area contributed by atoms with E-state index in [9.17, 15) is 14.9 Å². The number of carbonyl (C=O) groups excluding carboxylic acids is 2. The van der Waals surface area contributed by atoms with Gasteiger partial charge in [0.05, 0.1) is 32.2 Å². The normalized spacial score (nSPS) is 13.0. The van der Waals surface area contributed by atoms with Crippen molar-refractivity contribution < 1.29 is 19.1 Å². The second-order valence-corrected chi connectivity index (χ2v) is 7.80. The van der Waals surface area contributed by atoms with Crippen molar-refractivity contribution in [2.45, 2.75) is 19.4 Å². The van der Waals surface area contributed by atoms with Gasteiger partial charge in [-0.2, -0.15) is 5.26 Å². The van der Waals surface area contributed by atoms with Crippen LogP contribution in [0.4, 0.5) is 5.00 Å². The van der Waals surface area contributed by atoms with E-state index in [-0.39, 0.29) is 11.8 Å². The molecule has 0 unspecified atom stereocenters. The number of thiophene rings is 1. The molecule has 0 bridgehead atoms. The first kappa shape index (κ1) is 21.6. The first-order valence-electron chi connectivity index (χ1n) is 9.50. The molecule has 1 N–H and O–H groups in total. The number of nitrogens with one attached hydrogen (secondary N) is 1. The van der Waals surface area contributed by atoms with Crippen LogP contribution in [-0.2, 0) is 27.3 Å². The van der Waals surface area contributed by atoms with Crippen LogP contribution < -0.4 is 10.1 Å². The molecule has 0 fully saturated rings. The van der Waals surface area contributed by atoms with Gasteiger partial charge in [0.15, 0.2) is 0 Å². The second-order valence-electron chi connectivity index (χ2n) is 6.69. The van der Waals surface area contributed by atoms with Crippen LogP contribution in [0.5, 0.6) is 5.75 Å². The molecule has 2 aromatic rings. The summed E-state index contributed by atoms with van der Waals surface area (Å²) in [5.41, 5.74) is 2.19. The number of ether oxygens (including phenoxy) is 2. The number of anilines is 1. The van der Waals surface area contributed by atoms with Gasteiger partial charge in [-0.1, -0.05) is 18.2 Å². The highest BCUT2D eigenvalue weighted by molar-refractivity contribution is 7.16. The van der Waals surface area contributed by atoms with E-state index in [4.69, 9.17) is 9.47 Å². The predicted molar refractivity (Wildman–Crippen MR) is 115 cm³/mol. The van der Waals surface area contributed by atoms with Gasteiger partial charge in [-0.3, -0.25) is 9.59 Å². The molecule has 1 aliphatic heterocycles. The Kier molecular flexibility index (Phi) is 7.22. The van der Waals surface area contributed by atoms with Crippen molar-refractivity contribution >= 4 is 34.2 Å². The first-order chi connectivity index (χ1) is 14.6. The molecule has 3 rings (SSSR count). The van der Waals surface area contributed by atoms with E-state index in [0.29, 0.717) is 48.9 Å². The lowest BCUT2D eigenvalue weighted by atomic mass is 10.0. The van der Waals surface area contributed by atoms with Gasteiger partial charge in [-0.25, -0.2) is 0 Å². The molecule has 156 valence electrons. The minimum absolute atomic E-state index is 0.0275. The zero-order valence-electron chi connectivity index (χ0n) is 16.9. The number of para-hydroxylation sites is 1. The fourth-order valence-corrected chi connectivity index (χ4v) is 4.51. The number of carbonyl (C=O) groups is 2. The summed E-state index contributed by atoms with van der Waals surface area (Å²) in [5, 5.41) is 12.9. The second kappa shape index (κ2) is 10.1. The van der Waals surface area contributed by atoms with Crippen LogP contribution in [0.25, 0.3) is 6.08 Å². The minimum atomic E-state index is -0.330. The molecule has 1 aromatic heterocycles. The molecule has 0 radical (unpaired) electrons. The molecule has 2 amide bonds. The molecule has 30 heavy (non-hydrogen) atoms. The third kappa shape index (κ3) is 4.87. The van der Waals surface area contributed by atoms with Crippen molar-refractivity contribution in [1.82, 2.24) is 4.90 Å². The number of hydrogen-bond donors (Lipinski definition) is 1. The van der Waals surface area contributed by atoms with Crippen LogP contribution in [0, 0.1) is 11.3 Å². The highest BCUT2D eigenvalue weighted by Gasteiger charge is 2.27. The molecule has 1 aromatic carbocycles. The highest BCUT2D eigenvalue weighted by atomic mass is 32.1. The third-order valence-corrected chi connectivity index (χ3v) is 5.96. The zero-order valence-corrected chi connectivity index (χ0v) is 17.8. The zero-order chi connectivity index (χ0) is 21.5. The molecule has 7 nitrogen and oxygen atoms in total. The topological polar surface area (TPSA) is 91.7 Å². The van der Waals surface area contributed by atoms with Gasteiger partial charge in [-0.15, -0.1) is 11.3 Å². The maximum Gasteiger partial charge on any atom is 0.249 e. The quantitative estimate of drug-likeness (QED) is 0.688. The Morgan fingerprint density at radius 3 is 2.87 bits per heavy atom. The lowest BCUT2D eigenvalue weighted by Crippen LogP contribution is -2.35. The van der Waals surface area contributed by atoms with Gasteiger partial charge in [0, 0.05) is 30.2 Å². The number of amides is 2. The van der Waals surface area contributed by atoms with Crippen molar-refractivity contribution in [3.63, 3.8) is 0 Å². The number of rotatable bonds is 7. The fourth-order valence-electron chi connectivity index (χ4n) is 3.29. The minimum Gasteiger partial charge on any atom is -0.496 e. The van der Waals surface area contributed by atoms with Crippen LogP contribution in [0.3, 0.4) is 0 Å². The lowest BCUT2D eigenvalue weighted by Gasteiger charge is -2.27. The van der Waals surface area contributed by atoms with E-state index in [2.05, 4.69) is 11.4 Å². The number of fused-ring (bicyclic) bond motifs is 1. The Hall–Kier alpha value is -3.15. The van der Waals surface area contributed by atoms with Crippen molar-refractivity contribution in [2.75, 3.05) is 32.7 Å². The maximum atomic E-state index is 12.4. The third-order valence-electron chi connectivity index (χ3n) is 4.83. The van der Waals surface area contributed by atoms with E-state index in [1.165, 1.54) is 17.4 Å². The van der Waals surface area contributed by atoms with E-state index in [0.717, 1.165) is 16.0 Å². The standard InChI is InChI=1S/C22H23N3O4S/c1-28-12-10-21(27)25-11-9-16-17(13-23)22(30-19(16)14-25)24-20(26)8-7-15-5-3-4-6-18(15)29-2/h3-8H,9-12,14H2,1-2H3,(H,24,26)/b8-7+. The van der Waals surface area contributed by atoms with Crippen LogP contribution in [0.2, 0.25) is 0 Å². The molecule has 0 saturated heterocycles. The fraction of sp³-hybridized carbons (Fsp3) is 0.318. The van der Waals surface area contributed by atoms with E-state index < -0.39 is 0 Å². The molecular formula is C22H23N3O4S. The Labute approximate surface area is 179 Å². The van der Waals surface area contributed by atoms with Crippen LogP contribution in [-0.4, -0.2) is 44.1 Å². The molecule has 0 saturated carbocycles. The Morgan fingerprint density at radius 2 is 2.13 bits per heavy atom. The van der Waals surface area contributed by atoms with Crippen molar-refractivity contribution in [2.24, 2.45) is 0 Å². The van der Waals surface area contributed by atoms with Crippen molar-refractivity contribution in [1.29, 1.82) is 5.26 Å². The summed E-state index contributed by atoms with van der Waals surface area (Å²) in [7, 11) is 3.14. The smallest absolute Gasteiger partial charge is 0.249 e. The molecule has 8 heteroatoms. The summed E-state index contributed by atoms with van der Waals surface area (Å²) >= 11 is 1.35. The first-order valence-corrected chi connectivity index (χ1v) is 10.3. The monoisotopic (exact) mass is 425 g/mol. The molecular weight excluding hydrogens is 402 g/mol. The Bertz CT molecular complexity index is 1010. The largest absolute Gasteiger partial charge is 0.496 e. The molecule has 0 spiro atoms. The summed E-state index contributed by atoms with van der Waals surface area (Å²) in [5.74, 6) is 0.368. The SMILES string of the molecule is COCCC(=O)N1CCc2c(sc(NC(=O)/C=C/c3ccccc3OC)c2C#N)C1. The number of methoxy groups -OCH3 is 2. The number of nitriles is 1. The van der Waals surface area contributed by atoms with Gasteiger partial charge >= 0.3 is 0 Å². The summed E-state index contributed by atoms with van der Waals surface area (Å²) in [6, 6.07) is 9.59. The maximum absolute atomic E-state index is 12.4. The van der Waals surface area contributed by atoms with Gasteiger partial charge < -0.3 is 19.7 Å². The van der Waals surface area contributed by atoms with Crippen molar-refractivity contribution in [3.8, 4) is 11.8 Å².